The average Bonchev–Trinajstić information content (AvgIpc) is 2.66. The molecule has 1 heterocycles. The molecule has 136 valence electrons. The van der Waals surface area contributed by atoms with Crippen molar-refractivity contribution in [3.8, 4) is 11.8 Å². The number of fused-ring (bicyclic) bond motifs is 3. The van der Waals surface area contributed by atoms with Crippen molar-refractivity contribution in [1.29, 1.82) is 5.26 Å². The zero-order chi connectivity index (χ0) is 19.2. The smallest absolute Gasteiger partial charge is 0.416 e. The second-order valence-corrected chi connectivity index (χ2v) is 6.65. The summed E-state index contributed by atoms with van der Waals surface area (Å²) in [5, 5.41) is 11.1. The summed E-state index contributed by atoms with van der Waals surface area (Å²) in [6.45, 7) is 0. The Labute approximate surface area is 153 Å². The third-order valence-electron chi connectivity index (χ3n) is 4.91. The van der Waals surface area contributed by atoms with Gasteiger partial charge in [-0.15, -0.1) is 0 Å². The van der Waals surface area contributed by atoms with Crippen LogP contribution in [0.15, 0.2) is 60.7 Å². The molecule has 3 aromatic rings. The number of ether oxygens (including phenoxy) is 1. The molecule has 6 heteroatoms. The highest BCUT2D eigenvalue weighted by atomic mass is 19.4. The second-order valence-electron chi connectivity index (χ2n) is 6.65. The fourth-order valence-electron chi connectivity index (χ4n) is 3.69. The Bertz CT molecular complexity index is 1070. The summed E-state index contributed by atoms with van der Waals surface area (Å²) in [6.07, 6.45) is -4.57. The quantitative estimate of drug-likeness (QED) is 0.661. The van der Waals surface area contributed by atoms with Crippen LogP contribution in [0.2, 0.25) is 0 Å². The van der Waals surface area contributed by atoms with Gasteiger partial charge in [-0.05, 0) is 17.0 Å². The lowest BCUT2D eigenvalue weighted by molar-refractivity contribution is -0.138. The Morgan fingerprint density at radius 2 is 1.70 bits per heavy atom. The van der Waals surface area contributed by atoms with Crippen LogP contribution in [0.3, 0.4) is 0 Å². The largest absolute Gasteiger partial charge is 0.459 e. The third kappa shape index (κ3) is 2.90. The van der Waals surface area contributed by atoms with Crippen molar-refractivity contribution in [2.45, 2.75) is 24.2 Å². The molecule has 2 N–H and O–H groups in total. The SMILES string of the molecule is N#CC1(N)CC(c2ccccc2C(F)(F)F)c2ccc3ccccc3c2O1. The van der Waals surface area contributed by atoms with Crippen molar-refractivity contribution in [3.63, 3.8) is 0 Å². The normalized spacial score (nSPS) is 22.0. The molecule has 0 fully saturated rings. The lowest BCUT2D eigenvalue weighted by Gasteiger charge is -2.36. The molecule has 2 atom stereocenters. The Morgan fingerprint density at radius 3 is 2.44 bits per heavy atom. The molecular formula is C21H15F3N2O. The summed E-state index contributed by atoms with van der Waals surface area (Å²) in [6, 6.07) is 18.3. The molecule has 0 radical (unpaired) electrons. The fraction of sp³-hybridized carbons (Fsp3) is 0.190. The van der Waals surface area contributed by atoms with Crippen molar-refractivity contribution < 1.29 is 17.9 Å². The van der Waals surface area contributed by atoms with Gasteiger partial charge in [0, 0.05) is 23.3 Å². The maximum absolute atomic E-state index is 13.6. The van der Waals surface area contributed by atoms with E-state index in [1.54, 1.807) is 12.1 Å². The van der Waals surface area contributed by atoms with E-state index < -0.39 is 23.4 Å². The standard InChI is InChI=1S/C21H15F3N2O/c22-21(23,24)18-8-4-3-7-15(18)17-11-20(26,12-25)27-19-14-6-2-1-5-13(14)9-10-16(17)19/h1-10,17H,11,26H2. The van der Waals surface area contributed by atoms with Crippen LogP contribution < -0.4 is 10.5 Å². The number of nitriles is 1. The lowest BCUT2D eigenvalue weighted by atomic mass is 9.79. The van der Waals surface area contributed by atoms with E-state index in [4.69, 9.17) is 10.5 Å². The molecule has 0 aromatic heterocycles. The highest BCUT2D eigenvalue weighted by Gasteiger charge is 2.43. The van der Waals surface area contributed by atoms with Gasteiger partial charge in [0.25, 0.3) is 0 Å². The topological polar surface area (TPSA) is 59.0 Å². The number of benzene rings is 3. The van der Waals surface area contributed by atoms with Crippen LogP contribution in [-0.2, 0) is 6.18 Å². The molecule has 0 spiro atoms. The molecular weight excluding hydrogens is 353 g/mol. The first-order chi connectivity index (χ1) is 12.8. The molecule has 3 aromatic carbocycles. The number of halogens is 3. The number of rotatable bonds is 1. The van der Waals surface area contributed by atoms with Gasteiger partial charge < -0.3 is 4.74 Å². The van der Waals surface area contributed by atoms with Gasteiger partial charge in [0.1, 0.15) is 11.8 Å². The van der Waals surface area contributed by atoms with Gasteiger partial charge in [0.15, 0.2) is 0 Å². The zero-order valence-corrected chi connectivity index (χ0v) is 14.1. The molecule has 1 aliphatic heterocycles. The summed E-state index contributed by atoms with van der Waals surface area (Å²) in [7, 11) is 0. The summed E-state index contributed by atoms with van der Waals surface area (Å²) in [5.74, 6) is -0.341. The molecule has 1 aliphatic rings. The molecule has 3 nitrogen and oxygen atoms in total. The van der Waals surface area contributed by atoms with E-state index in [0.29, 0.717) is 16.7 Å². The van der Waals surface area contributed by atoms with Crippen LogP contribution >= 0.6 is 0 Å². The highest BCUT2D eigenvalue weighted by molar-refractivity contribution is 5.90. The molecule has 0 aliphatic carbocycles. The van der Waals surface area contributed by atoms with Gasteiger partial charge in [0.2, 0.25) is 5.72 Å². The second kappa shape index (κ2) is 6.00. The van der Waals surface area contributed by atoms with E-state index >= 15 is 0 Å². The molecule has 4 rings (SSSR count). The third-order valence-corrected chi connectivity index (χ3v) is 4.91. The number of alkyl halides is 3. The summed E-state index contributed by atoms with van der Waals surface area (Å²) >= 11 is 0. The Balaban J connectivity index is 1.99. The molecule has 27 heavy (non-hydrogen) atoms. The first kappa shape index (κ1) is 17.4. The molecule has 0 saturated heterocycles. The molecule has 2 unspecified atom stereocenters. The minimum atomic E-state index is -4.50. The predicted octanol–water partition coefficient (Wildman–Crippen LogP) is 4.95. The first-order valence-electron chi connectivity index (χ1n) is 8.39. The van der Waals surface area contributed by atoms with Gasteiger partial charge in [-0.3, -0.25) is 5.73 Å². The number of hydrogen-bond donors (Lipinski definition) is 1. The van der Waals surface area contributed by atoms with E-state index in [-0.39, 0.29) is 12.0 Å². The van der Waals surface area contributed by atoms with E-state index in [9.17, 15) is 18.4 Å². The van der Waals surface area contributed by atoms with Gasteiger partial charge in [-0.25, -0.2) is 0 Å². The van der Waals surface area contributed by atoms with Gasteiger partial charge in [-0.2, -0.15) is 18.4 Å². The van der Waals surface area contributed by atoms with Crippen molar-refractivity contribution >= 4 is 10.8 Å². The van der Waals surface area contributed by atoms with Crippen molar-refractivity contribution in [2.75, 3.05) is 0 Å². The van der Waals surface area contributed by atoms with Crippen molar-refractivity contribution in [1.82, 2.24) is 0 Å². The lowest BCUT2D eigenvalue weighted by Crippen LogP contribution is -2.48. The monoisotopic (exact) mass is 368 g/mol. The molecule has 0 amide bonds. The summed E-state index contributed by atoms with van der Waals surface area (Å²) in [4.78, 5) is 0. The number of nitrogens with two attached hydrogens (primary N) is 1. The number of hydrogen-bond acceptors (Lipinski definition) is 3. The Morgan fingerprint density at radius 1 is 1.00 bits per heavy atom. The number of nitrogens with zero attached hydrogens (tertiary/aromatic N) is 1. The Hall–Kier alpha value is -3.04. The van der Waals surface area contributed by atoms with Crippen LogP contribution in [-0.4, -0.2) is 5.72 Å². The molecule has 0 bridgehead atoms. The summed E-state index contributed by atoms with van der Waals surface area (Å²) < 4.78 is 46.5. The zero-order valence-electron chi connectivity index (χ0n) is 14.1. The van der Waals surface area contributed by atoms with Crippen LogP contribution in [0.5, 0.6) is 5.75 Å². The van der Waals surface area contributed by atoms with Crippen LogP contribution in [0.25, 0.3) is 10.8 Å². The fourth-order valence-corrected chi connectivity index (χ4v) is 3.69. The minimum Gasteiger partial charge on any atom is -0.459 e. The molecule has 0 saturated carbocycles. The highest BCUT2D eigenvalue weighted by Crippen LogP contribution is 2.48. The predicted molar refractivity (Wildman–Crippen MR) is 95.0 cm³/mol. The van der Waals surface area contributed by atoms with Crippen molar-refractivity contribution in [3.05, 3.63) is 77.4 Å². The van der Waals surface area contributed by atoms with Gasteiger partial charge >= 0.3 is 6.18 Å². The van der Waals surface area contributed by atoms with Gasteiger partial charge in [0.05, 0.1) is 5.56 Å². The van der Waals surface area contributed by atoms with Crippen LogP contribution in [0, 0.1) is 11.3 Å². The maximum Gasteiger partial charge on any atom is 0.416 e. The van der Waals surface area contributed by atoms with E-state index in [1.165, 1.54) is 12.1 Å². The van der Waals surface area contributed by atoms with Crippen molar-refractivity contribution in [2.24, 2.45) is 5.73 Å². The Kier molecular flexibility index (Phi) is 3.86. The van der Waals surface area contributed by atoms with E-state index in [0.717, 1.165) is 11.5 Å². The van der Waals surface area contributed by atoms with Crippen LogP contribution in [0.4, 0.5) is 13.2 Å². The average molecular weight is 368 g/mol. The van der Waals surface area contributed by atoms with E-state index in [2.05, 4.69) is 0 Å². The van der Waals surface area contributed by atoms with Gasteiger partial charge in [-0.1, -0.05) is 54.6 Å². The minimum absolute atomic E-state index is 0.0675. The maximum atomic E-state index is 13.6. The summed E-state index contributed by atoms with van der Waals surface area (Å²) in [5.41, 5.74) is 4.34. The first-order valence-corrected chi connectivity index (χ1v) is 8.39. The van der Waals surface area contributed by atoms with E-state index in [1.807, 2.05) is 36.4 Å². The van der Waals surface area contributed by atoms with Crippen LogP contribution in [0.1, 0.15) is 29.0 Å².